The van der Waals surface area contributed by atoms with Crippen molar-refractivity contribution in [3.63, 3.8) is 0 Å². The van der Waals surface area contributed by atoms with Crippen molar-refractivity contribution >= 4 is 12.4 Å². The summed E-state index contributed by atoms with van der Waals surface area (Å²) in [7, 11) is 0. The highest BCUT2D eigenvalue weighted by atomic mass is 35.5. The average molecular weight is 312 g/mol. The van der Waals surface area contributed by atoms with Gasteiger partial charge >= 0.3 is 24.2 Å². The van der Waals surface area contributed by atoms with Gasteiger partial charge in [0.15, 0.2) is 0 Å². The molecule has 0 aliphatic carbocycles. The lowest BCUT2D eigenvalue weighted by Gasteiger charge is -2.33. The molecule has 112 valence electrons. The second-order valence-corrected chi connectivity index (χ2v) is 3.35. The molecule has 0 aliphatic rings. The van der Waals surface area contributed by atoms with Crippen LogP contribution in [0.1, 0.15) is 6.42 Å². The van der Waals surface area contributed by atoms with Gasteiger partial charge in [0.2, 0.25) is 0 Å². The summed E-state index contributed by atoms with van der Waals surface area (Å²) in [5.41, 5.74) is 4.68. The van der Waals surface area contributed by atoms with E-state index in [9.17, 15) is 35.1 Å². The molecular weight excluding hydrogens is 302 g/mol. The van der Waals surface area contributed by atoms with E-state index < -0.39 is 43.3 Å². The van der Waals surface area contributed by atoms with Gasteiger partial charge in [0.25, 0.3) is 0 Å². The fraction of sp³-hybridized carbons (Fsp3) is 1.00. The molecule has 11 heteroatoms. The summed E-state index contributed by atoms with van der Waals surface area (Å²) < 4.78 is 98.5. The van der Waals surface area contributed by atoms with Crippen molar-refractivity contribution in [3.8, 4) is 0 Å². The zero-order chi connectivity index (χ0) is 14.1. The second-order valence-electron chi connectivity index (χ2n) is 3.35. The minimum absolute atomic E-state index is 0. The number of hydrogen-bond acceptors (Lipinski definition) is 2. The van der Waals surface area contributed by atoms with Crippen LogP contribution in [0.2, 0.25) is 0 Å². The predicted molar refractivity (Wildman–Crippen MR) is 47.8 cm³/mol. The van der Waals surface area contributed by atoms with Gasteiger partial charge in [-0.3, -0.25) is 0 Å². The van der Waals surface area contributed by atoms with Crippen LogP contribution in [-0.2, 0) is 0 Å². The van der Waals surface area contributed by atoms with E-state index in [1.807, 2.05) is 0 Å². The van der Waals surface area contributed by atoms with Crippen LogP contribution >= 0.6 is 12.4 Å². The highest BCUT2D eigenvalue weighted by Gasteiger charge is 2.75. The molecule has 2 nitrogen and oxygen atoms in total. The first-order chi connectivity index (χ1) is 7.40. The normalized spacial score (nSPS) is 15.5. The monoisotopic (exact) mass is 311 g/mol. The van der Waals surface area contributed by atoms with Crippen molar-refractivity contribution in [1.29, 1.82) is 0 Å². The summed E-state index contributed by atoms with van der Waals surface area (Å²) in [6, 6.07) is -1.93. The largest absolute Gasteiger partial charge is 0.395 e. The molecular formula is C7H10ClF8NO. The van der Waals surface area contributed by atoms with Crippen molar-refractivity contribution in [1.82, 2.24) is 0 Å². The second kappa shape index (κ2) is 6.20. The van der Waals surface area contributed by atoms with Gasteiger partial charge in [0.05, 0.1) is 6.61 Å². The molecule has 0 saturated heterocycles. The molecule has 0 radical (unpaired) electrons. The maximum atomic E-state index is 12.7. The molecule has 1 atom stereocenters. The quantitative estimate of drug-likeness (QED) is 0.739. The molecule has 0 aliphatic heterocycles. The van der Waals surface area contributed by atoms with Crippen LogP contribution in [0.25, 0.3) is 0 Å². The lowest BCUT2D eigenvalue weighted by Crippen LogP contribution is -2.59. The summed E-state index contributed by atoms with van der Waals surface area (Å²) in [5, 5.41) is 8.24. The summed E-state index contributed by atoms with van der Waals surface area (Å²) in [6.07, 6.45) is -6.99. The first-order valence-electron chi connectivity index (χ1n) is 4.18. The number of rotatable bonds is 6. The Bertz CT molecular complexity index is 262. The molecule has 0 heterocycles. The summed E-state index contributed by atoms with van der Waals surface area (Å²) in [4.78, 5) is 0. The lowest BCUT2D eigenvalue weighted by molar-refractivity contribution is -0.340. The van der Waals surface area contributed by atoms with Gasteiger partial charge in [-0.25, -0.2) is 8.78 Å². The molecule has 18 heavy (non-hydrogen) atoms. The number of nitrogens with two attached hydrogens (primary N) is 1. The zero-order valence-corrected chi connectivity index (χ0v) is 9.34. The minimum atomic E-state index is -6.26. The van der Waals surface area contributed by atoms with Crippen LogP contribution in [-0.4, -0.2) is 41.9 Å². The van der Waals surface area contributed by atoms with E-state index in [-0.39, 0.29) is 12.4 Å². The van der Waals surface area contributed by atoms with E-state index >= 15 is 0 Å². The van der Waals surface area contributed by atoms with Crippen molar-refractivity contribution in [3.05, 3.63) is 0 Å². The molecule has 0 fully saturated rings. The highest BCUT2D eigenvalue weighted by Crippen LogP contribution is 2.50. The maximum Gasteiger partial charge on any atom is 0.377 e. The summed E-state index contributed by atoms with van der Waals surface area (Å²) in [5.74, 6) is -17.9. The van der Waals surface area contributed by atoms with Gasteiger partial charge in [-0.05, 0) is 0 Å². The standard InChI is InChI=1S/C7H9F8NO.ClH/c8-4(9)6(12,13)7(14,15)5(10,11)1-3(16)2-17;/h3-4,17H,1-2,16H2;1H. The van der Waals surface area contributed by atoms with E-state index in [0.717, 1.165) is 0 Å². The Morgan fingerprint density at radius 2 is 1.39 bits per heavy atom. The topological polar surface area (TPSA) is 46.2 Å². The van der Waals surface area contributed by atoms with Gasteiger partial charge in [0, 0.05) is 12.5 Å². The lowest BCUT2D eigenvalue weighted by atomic mass is 9.98. The number of hydrogen-bond donors (Lipinski definition) is 2. The number of aliphatic hydroxyl groups is 1. The van der Waals surface area contributed by atoms with Gasteiger partial charge in [-0.1, -0.05) is 0 Å². The zero-order valence-electron chi connectivity index (χ0n) is 8.53. The summed E-state index contributed by atoms with van der Waals surface area (Å²) in [6.45, 7) is -1.17. The third-order valence-corrected chi connectivity index (χ3v) is 1.91. The van der Waals surface area contributed by atoms with E-state index in [1.54, 1.807) is 0 Å². The molecule has 0 aromatic rings. The number of aliphatic hydroxyl groups excluding tert-OH is 1. The van der Waals surface area contributed by atoms with Gasteiger partial charge in [-0.15, -0.1) is 12.4 Å². The van der Waals surface area contributed by atoms with E-state index in [1.165, 1.54) is 0 Å². The fourth-order valence-corrected chi connectivity index (χ4v) is 0.903. The molecule has 3 N–H and O–H groups in total. The van der Waals surface area contributed by atoms with Crippen molar-refractivity contribution < 1.29 is 40.2 Å². The van der Waals surface area contributed by atoms with Crippen LogP contribution in [0.5, 0.6) is 0 Å². The SMILES string of the molecule is Cl.NC(CO)CC(F)(F)C(F)(F)C(F)(F)C(F)F. The van der Waals surface area contributed by atoms with Gasteiger partial charge < -0.3 is 10.8 Å². The fourth-order valence-electron chi connectivity index (χ4n) is 0.903. The number of alkyl halides is 8. The van der Waals surface area contributed by atoms with E-state index in [4.69, 9.17) is 5.11 Å². The van der Waals surface area contributed by atoms with Crippen molar-refractivity contribution in [2.24, 2.45) is 5.73 Å². The highest BCUT2D eigenvalue weighted by molar-refractivity contribution is 5.85. The number of halogens is 9. The van der Waals surface area contributed by atoms with Gasteiger partial charge in [0.1, 0.15) is 0 Å². The first kappa shape index (κ1) is 20.0. The molecule has 0 spiro atoms. The van der Waals surface area contributed by atoms with Crippen molar-refractivity contribution in [2.75, 3.05) is 6.61 Å². The Kier molecular flexibility index (Phi) is 6.88. The molecule has 0 saturated carbocycles. The molecule has 0 aromatic heterocycles. The van der Waals surface area contributed by atoms with Crippen LogP contribution < -0.4 is 5.73 Å². The molecule has 0 aromatic carbocycles. The summed E-state index contributed by atoms with van der Waals surface area (Å²) >= 11 is 0. The van der Waals surface area contributed by atoms with E-state index in [2.05, 4.69) is 5.73 Å². The maximum absolute atomic E-state index is 12.7. The van der Waals surface area contributed by atoms with Crippen LogP contribution in [0.4, 0.5) is 35.1 Å². The molecule has 0 rings (SSSR count). The Balaban J connectivity index is 0. The van der Waals surface area contributed by atoms with Gasteiger partial charge in [-0.2, -0.15) is 26.3 Å². The Hall–Kier alpha value is -0.350. The molecule has 1 unspecified atom stereocenters. The third-order valence-electron chi connectivity index (χ3n) is 1.91. The molecule has 0 bridgehead atoms. The first-order valence-corrected chi connectivity index (χ1v) is 4.18. The minimum Gasteiger partial charge on any atom is -0.395 e. The Morgan fingerprint density at radius 3 is 1.67 bits per heavy atom. The van der Waals surface area contributed by atoms with Crippen LogP contribution in [0.3, 0.4) is 0 Å². The smallest absolute Gasteiger partial charge is 0.377 e. The van der Waals surface area contributed by atoms with Crippen LogP contribution in [0.15, 0.2) is 0 Å². The average Bonchev–Trinajstić information content (AvgIpc) is 2.15. The predicted octanol–water partition coefficient (Wildman–Crippen LogP) is 2.29. The van der Waals surface area contributed by atoms with Crippen LogP contribution in [0, 0.1) is 0 Å². The molecule has 0 amide bonds. The Morgan fingerprint density at radius 1 is 1.00 bits per heavy atom. The van der Waals surface area contributed by atoms with Crippen molar-refractivity contribution in [2.45, 2.75) is 36.7 Å². The van der Waals surface area contributed by atoms with E-state index in [0.29, 0.717) is 0 Å². The Labute approximate surface area is 103 Å². The third kappa shape index (κ3) is 3.58.